The second kappa shape index (κ2) is 5.11. The normalized spacial score (nSPS) is 39.5. The number of urea groups is 1. The van der Waals surface area contributed by atoms with Gasteiger partial charge in [0.2, 0.25) is 5.88 Å². The van der Waals surface area contributed by atoms with Gasteiger partial charge in [-0.15, -0.1) is 0 Å². The van der Waals surface area contributed by atoms with Gasteiger partial charge in [-0.25, -0.2) is 9.78 Å². The molecule has 5 nitrogen and oxygen atoms in total. The maximum absolute atomic E-state index is 12.6. The SMILES string of the molecule is COc1cc(NC(=O)NC23CC4CC(C)(CC(C)(C4)C2)C3)ccn1. The van der Waals surface area contributed by atoms with Crippen molar-refractivity contribution < 1.29 is 9.53 Å². The van der Waals surface area contributed by atoms with E-state index in [9.17, 15) is 4.79 Å². The van der Waals surface area contributed by atoms with E-state index in [1.165, 1.54) is 19.3 Å². The van der Waals surface area contributed by atoms with E-state index in [2.05, 4.69) is 29.5 Å². The lowest BCUT2D eigenvalue weighted by atomic mass is 9.43. The average molecular weight is 329 g/mol. The highest BCUT2D eigenvalue weighted by Gasteiger charge is 2.60. The molecule has 24 heavy (non-hydrogen) atoms. The first-order valence-electron chi connectivity index (χ1n) is 8.90. The van der Waals surface area contributed by atoms with Gasteiger partial charge in [-0.05, 0) is 61.3 Å². The Morgan fingerprint density at radius 1 is 1.21 bits per heavy atom. The van der Waals surface area contributed by atoms with Crippen molar-refractivity contribution in [2.24, 2.45) is 16.7 Å². The Morgan fingerprint density at radius 3 is 2.54 bits per heavy atom. The molecule has 1 aromatic heterocycles. The van der Waals surface area contributed by atoms with E-state index in [-0.39, 0.29) is 11.6 Å². The number of amides is 2. The van der Waals surface area contributed by atoms with E-state index < -0.39 is 0 Å². The van der Waals surface area contributed by atoms with Crippen LogP contribution in [0.15, 0.2) is 18.3 Å². The average Bonchev–Trinajstić information content (AvgIpc) is 2.42. The topological polar surface area (TPSA) is 63.2 Å². The van der Waals surface area contributed by atoms with E-state index in [1.54, 1.807) is 25.4 Å². The molecule has 4 aliphatic carbocycles. The quantitative estimate of drug-likeness (QED) is 0.882. The third kappa shape index (κ3) is 2.74. The number of pyridine rings is 1. The largest absolute Gasteiger partial charge is 0.481 e. The smallest absolute Gasteiger partial charge is 0.319 e. The van der Waals surface area contributed by atoms with Crippen molar-refractivity contribution in [3.05, 3.63) is 18.3 Å². The van der Waals surface area contributed by atoms with Gasteiger partial charge < -0.3 is 15.4 Å². The Bertz CT molecular complexity index is 656. The molecule has 0 radical (unpaired) electrons. The molecule has 4 aliphatic rings. The summed E-state index contributed by atoms with van der Waals surface area (Å²) in [6.07, 6.45) is 8.96. The van der Waals surface area contributed by atoms with E-state index in [4.69, 9.17) is 4.74 Å². The number of carbonyl (C=O) groups excluding carboxylic acids is 1. The Morgan fingerprint density at radius 2 is 1.92 bits per heavy atom. The van der Waals surface area contributed by atoms with Crippen molar-refractivity contribution in [1.82, 2.24) is 10.3 Å². The lowest BCUT2D eigenvalue weighted by Gasteiger charge is -2.65. The molecule has 0 aliphatic heterocycles. The monoisotopic (exact) mass is 329 g/mol. The van der Waals surface area contributed by atoms with Crippen LogP contribution in [-0.4, -0.2) is 23.7 Å². The Hall–Kier alpha value is -1.78. The van der Waals surface area contributed by atoms with E-state index in [0.717, 1.165) is 25.2 Å². The Kier molecular flexibility index (Phi) is 3.35. The lowest BCUT2D eigenvalue weighted by molar-refractivity contribution is -0.113. The number of rotatable bonds is 3. The van der Waals surface area contributed by atoms with Gasteiger partial charge in [0.25, 0.3) is 0 Å². The molecule has 2 amide bonds. The first-order chi connectivity index (χ1) is 11.3. The minimum atomic E-state index is -0.114. The molecule has 1 aromatic rings. The molecule has 0 spiro atoms. The molecule has 2 unspecified atom stereocenters. The molecule has 0 aromatic carbocycles. The van der Waals surface area contributed by atoms with E-state index in [0.29, 0.717) is 22.4 Å². The van der Waals surface area contributed by atoms with Crippen LogP contribution in [-0.2, 0) is 0 Å². The number of anilines is 1. The molecule has 4 bridgehead atoms. The third-order valence-corrected chi connectivity index (χ3v) is 6.21. The molecule has 1 heterocycles. The lowest BCUT2D eigenvalue weighted by Crippen LogP contribution is -2.65. The summed E-state index contributed by atoms with van der Waals surface area (Å²) in [6.45, 7) is 4.83. The van der Waals surface area contributed by atoms with Gasteiger partial charge in [-0.2, -0.15) is 0 Å². The highest BCUT2D eigenvalue weighted by atomic mass is 16.5. The van der Waals surface area contributed by atoms with Crippen LogP contribution in [0.2, 0.25) is 0 Å². The standard InChI is InChI=1S/C19H27N3O2/c1-17-7-13-8-18(2,10-17)12-19(9-13,11-17)22-16(23)21-14-4-5-20-15(6-14)24-3/h4-6,13H,7-12H2,1-3H3,(H2,20,21,22,23). The van der Waals surface area contributed by atoms with Crippen molar-refractivity contribution >= 4 is 11.7 Å². The van der Waals surface area contributed by atoms with Gasteiger partial charge in [0.15, 0.2) is 0 Å². The molecule has 2 N–H and O–H groups in total. The molecule has 5 heteroatoms. The number of hydrogen-bond acceptors (Lipinski definition) is 3. The van der Waals surface area contributed by atoms with E-state index >= 15 is 0 Å². The highest BCUT2D eigenvalue weighted by molar-refractivity contribution is 5.89. The highest BCUT2D eigenvalue weighted by Crippen LogP contribution is 2.66. The zero-order valence-electron chi connectivity index (χ0n) is 14.8. The van der Waals surface area contributed by atoms with Crippen molar-refractivity contribution in [3.8, 4) is 5.88 Å². The summed E-state index contributed by atoms with van der Waals surface area (Å²) in [5.41, 5.74) is 1.45. The van der Waals surface area contributed by atoms with Gasteiger partial charge in [-0.3, -0.25) is 0 Å². The molecule has 5 rings (SSSR count). The summed E-state index contributed by atoms with van der Waals surface area (Å²) >= 11 is 0. The summed E-state index contributed by atoms with van der Waals surface area (Å²) in [5, 5.41) is 6.30. The zero-order chi connectivity index (χ0) is 17.0. The second-order valence-electron chi connectivity index (χ2n) is 9.08. The van der Waals surface area contributed by atoms with Gasteiger partial charge >= 0.3 is 6.03 Å². The fourth-order valence-corrected chi connectivity index (χ4v) is 6.59. The first-order valence-corrected chi connectivity index (χ1v) is 8.90. The predicted molar refractivity (Wildman–Crippen MR) is 93.1 cm³/mol. The predicted octanol–water partition coefficient (Wildman–Crippen LogP) is 3.96. The van der Waals surface area contributed by atoms with Crippen LogP contribution >= 0.6 is 0 Å². The fraction of sp³-hybridized carbons (Fsp3) is 0.684. The van der Waals surface area contributed by atoms with E-state index in [1.807, 2.05) is 0 Å². The number of nitrogens with zero attached hydrogens (tertiary/aromatic N) is 1. The maximum Gasteiger partial charge on any atom is 0.319 e. The molecular weight excluding hydrogens is 302 g/mol. The molecular formula is C19H27N3O2. The summed E-state index contributed by atoms with van der Waals surface area (Å²) < 4.78 is 5.11. The molecule has 4 saturated carbocycles. The summed E-state index contributed by atoms with van der Waals surface area (Å²) in [7, 11) is 1.57. The van der Waals surface area contributed by atoms with Crippen molar-refractivity contribution in [2.45, 2.75) is 57.9 Å². The molecule has 4 fully saturated rings. The van der Waals surface area contributed by atoms with Crippen LogP contribution in [0.4, 0.5) is 10.5 Å². The van der Waals surface area contributed by atoms with Crippen molar-refractivity contribution in [1.29, 1.82) is 0 Å². The van der Waals surface area contributed by atoms with Crippen LogP contribution in [0, 0.1) is 16.7 Å². The van der Waals surface area contributed by atoms with Gasteiger partial charge in [0.1, 0.15) is 0 Å². The summed E-state index contributed by atoms with van der Waals surface area (Å²) in [5.74, 6) is 1.26. The zero-order valence-corrected chi connectivity index (χ0v) is 14.8. The van der Waals surface area contributed by atoms with Crippen LogP contribution in [0.5, 0.6) is 5.88 Å². The minimum absolute atomic E-state index is 0.0376. The number of nitrogens with one attached hydrogen (secondary N) is 2. The Balaban J connectivity index is 1.49. The number of aromatic nitrogens is 1. The van der Waals surface area contributed by atoms with Crippen molar-refractivity contribution in [3.63, 3.8) is 0 Å². The van der Waals surface area contributed by atoms with Crippen LogP contribution in [0.1, 0.15) is 52.4 Å². The number of methoxy groups -OCH3 is 1. The van der Waals surface area contributed by atoms with Crippen LogP contribution in [0.25, 0.3) is 0 Å². The third-order valence-electron chi connectivity index (χ3n) is 6.21. The molecule has 0 saturated heterocycles. The maximum atomic E-state index is 12.6. The number of hydrogen-bond donors (Lipinski definition) is 2. The molecule has 2 atom stereocenters. The summed E-state index contributed by atoms with van der Waals surface area (Å²) in [6, 6.07) is 3.41. The second-order valence-corrected chi connectivity index (χ2v) is 9.08. The Labute approximate surface area is 143 Å². The van der Waals surface area contributed by atoms with Crippen molar-refractivity contribution in [2.75, 3.05) is 12.4 Å². The van der Waals surface area contributed by atoms with Gasteiger partial charge in [-0.1, -0.05) is 13.8 Å². The van der Waals surface area contributed by atoms with Gasteiger partial charge in [0, 0.05) is 23.5 Å². The summed E-state index contributed by atoms with van der Waals surface area (Å²) in [4.78, 5) is 16.7. The first kappa shape index (κ1) is 15.7. The minimum Gasteiger partial charge on any atom is -0.481 e. The number of ether oxygens (including phenoxy) is 1. The van der Waals surface area contributed by atoms with Gasteiger partial charge in [0.05, 0.1) is 7.11 Å². The number of carbonyl (C=O) groups is 1. The van der Waals surface area contributed by atoms with Crippen LogP contribution in [0.3, 0.4) is 0 Å². The van der Waals surface area contributed by atoms with Crippen LogP contribution < -0.4 is 15.4 Å². The molecule has 130 valence electrons. The fourth-order valence-electron chi connectivity index (χ4n) is 6.59.